The highest BCUT2D eigenvalue weighted by atomic mass is 16.5. The first-order chi connectivity index (χ1) is 12.6. The Kier molecular flexibility index (Phi) is 6.56. The molecule has 2 aliphatic heterocycles. The number of nitrogens with one attached hydrogen (secondary N) is 2. The Bertz CT molecular complexity index is 613. The number of hydrogen-bond acceptors (Lipinski definition) is 6. The molecule has 9 heteroatoms. The van der Waals surface area contributed by atoms with Gasteiger partial charge in [-0.15, -0.1) is 0 Å². The number of aromatic nitrogens is 3. The molecule has 0 bridgehead atoms. The van der Waals surface area contributed by atoms with Crippen LogP contribution in [0.3, 0.4) is 0 Å². The van der Waals surface area contributed by atoms with Gasteiger partial charge >= 0.3 is 0 Å². The highest BCUT2D eigenvalue weighted by Gasteiger charge is 2.30. The number of morpholine rings is 1. The number of amides is 2. The van der Waals surface area contributed by atoms with E-state index in [9.17, 15) is 9.59 Å². The molecule has 0 unspecified atom stereocenters. The molecule has 3 heterocycles. The van der Waals surface area contributed by atoms with Gasteiger partial charge in [0.1, 0.15) is 5.82 Å². The molecule has 0 spiro atoms. The first-order valence-corrected chi connectivity index (χ1v) is 9.35. The van der Waals surface area contributed by atoms with E-state index in [2.05, 4.69) is 25.4 Å². The summed E-state index contributed by atoms with van der Waals surface area (Å²) < 4.78 is 5.35. The summed E-state index contributed by atoms with van der Waals surface area (Å²) in [5.74, 6) is 1.27. The fourth-order valence-corrected chi connectivity index (χ4v) is 3.43. The summed E-state index contributed by atoms with van der Waals surface area (Å²) >= 11 is 0. The fourth-order valence-electron chi connectivity index (χ4n) is 3.43. The summed E-state index contributed by atoms with van der Waals surface area (Å²) in [4.78, 5) is 33.0. The third-order valence-electron chi connectivity index (χ3n) is 4.94. The molecule has 1 aromatic rings. The Balaban J connectivity index is 1.41. The summed E-state index contributed by atoms with van der Waals surface area (Å²) in [6.07, 6.45) is 1.98. The van der Waals surface area contributed by atoms with Gasteiger partial charge in [-0.25, -0.2) is 4.98 Å². The van der Waals surface area contributed by atoms with Crippen molar-refractivity contribution in [2.24, 2.45) is 5.92 Å². The molecule has 0 aliphatic carbocycles. The zero-order valence-electron chi connectivity index (χ0n) is 15.4. The van der Waals surface area contributed by atoms with Crippen LogP contribution in [-0.4, -0.2) is 82.7 Å². The van der Waals surface area contributed by atoms with Gasteiger partial charge in [-0.3, -0.25) is 19.6 Å². The second-order valence-corrected chi connectivity index (χ2v) is 6.94. The van der Waals surface area contributed by atoms with Gasteiger partial charge in [0.25, 0.3) is 0 Å². The predicted octanol–water partition coefficient (Wildman–Crippen LogP) is -0.310. The number of likely N-dealkylation sites (tertiary alicyclic amines) is 1. The molecule has 1 atom stereocenters. The number of ether oxygens (including phenoxy) is 1. The molecule has 2 amide bonds. The van der Waals surface area contributed by atoms with Gasteiger partial charge in [0.2, 0.25) is 11.8 Å². The van der Waals surface area contributed by atoms with E-state index >= 15 is 0 Å². The van der Waals surface area contributed by atoms with Crippen LogP contribution in [0.5, 0.6) is 0 Å². The van der Waals surface area contributed by atoms with Crippen molar-refractivity contribution in [3.8, 4) is 0 Å². The Morgan fingerprint density at radius 1 is 1.35 bits per heavy atom. The molecule has 0 saturated carbocycles. The van der Waals surface area contributed by atoms with Crippen molar-refractivity contribution in [2.45, 2.75) is 32.7 Å². The lowest BCUT2D eigenvalue weighted by molar-refractivity contribution is -0.138. The van der Waals surface area contributed by atoms with Crippen molar-refractivity contribution in [3.05, 3.63) is 11.6 Å². The summed E-state index contributed by atoms with van der Waals surface area (Å²) in [5.41, 5.74) is 0. The van der Waals surface area contributed by atoms with Gasteiger partial charge in [0.15, 0.2) is 5.82 Å². The lowest BCUT2D eigenvalue weighted by atomic mass is 9.96. The number of carbonyl (C=O) groups excluding carboxylic acids is 2. The smallest absolute Gasteiger partial charge is 0.225 e. The molecule has 0 aromatic carbocycles. The normalized spacial score (nSPS) is 21.8. The summed E-state index contributed by atoms with van der Waals surface area (Å²) in [6, 6.07) is 0. The molecular formula is C17H28N6O3. The number of H-pyrrole nitrogens is 1. The lowest BCUT2D eigenvalue weighted by Gasteiger charge is -2.33. The number of carbonyl (C=O) groups is 2. The quantitative estimate of drug-likeness (QED) is 0.688. The third kappa shape index (κ3) is 5.25. The Labute approximate surface area is 153 Å². The van der Waals surface area contributed by atoms with E-state index in [0.29, 0.717) is 38.3 Å². The van der Waals surface area contributed by atoms with Crippen LogP contribution in [-0.2, 0) is 20.9 Å². The maximum Gasteiger partial charge on any atom is 0.225 e. The van der Waals surface area contributed by atoms with Crippen LogP contribution in [0.25, 0.3) is 0 Å². The Hall–Kier alpha value is -2.00. The zero-order valence-corrected chi connectivity index (χ0v) is 15.4. The summed E-state index contributed by atoms with van der Waals surface area (Å²) in [5, 5.41) is 9.65. The number of rotatable bonds is 7. The molecule has 2 N–H and O–H groups in total. The Morgan fingerprint density at radius 3 is 2.88 bits per heavy atom. The number of piperidine rings is 1. The first-order valence-electron chi connectivity index (χ1n) is 9.35. The third-order valence-corrected chi connectivity index (χ3v) is 4.94. The molecule has 2 aliphatic rings. The SMILES string of the molecule is Cc1nc(CNC(=O)[C@@H]2CCC(=O)N(CCCN3CCOCC3)C2)n[nH]1. The number of aryl methyl sites for hydroxylation is 1. The van der Waals surface area contributed by atoms with Gasteiger partial charge in [0.05, 0.1) is 25.7 Å². The van der Waals surface area contributed by atoms with Crippen molar-refractivity contribution in [3.63, 3.8) is 0 Å². The topological polar surface area (TPSA) is 103 Å². The molecule has 2 fully saturated rings. The van der Waals surface area contributed by atoms with E-state index < -0.39 is 0 Å². The lowest BCUT2D eigenvalue weighted by Crippen LogP contribution is -2.46. The maximum absolute atomic E-state index is 12.4. The van der Waals surface area contributed by atoms with Crippen LogP contribution in [0.4, 0.5) is 0 Å². The minimum Gasteiger partial charge on any atom is -0.379 e. The van der Waals surface area contributed by atoms with Gasteiger partial charge in [-0.2, -0.15) is 5.10 Å². The van der Waals surface area contributed by atoms with Crippen molar-refractivity contribution >= 4 is 11.8 Å². The molecular weight excluding hydrogens is 336 g/mol. The van der Waals surface area contributed by atoms with Crippen molar-refractivity contribution in [1.82, 2.24) is 30.3 Å². The molecule has 1 aromatic heterocycles. The standard InChI is InChI=1S/C17H28N6O3/c1-13-19-15(21-20-13)11-18-17(25)14-3-4-16(24)23(12-14)6-2-5-22-7-9-26-10-8-22/h14H,2-12H2,1H3,(H,18,25)(H,19,20,21)/t14-/m1/s1. The van der Waals surface area contributed by atoms with Crippen LogP contribution in [0.2, 0.25) is 0 Å². The Morgan fingerprint density at radius 2 is 2.15 bits per heavy atom. The zero-order chi connectivity index (χ0) is 18.4. The molecule has 3 rings (SSSR count). The second-order valence-electron chi connectivity index (χ2n) is 6.94. The molecule has 9 nitrogen and oxygen atoms in total. The van der Waals surface area contributed by atoms with E-state index in [4.69, 9.17) is 4.74 Å². The van der Waals surface area contributed by atoms with E-state index in [0.717, 1.165) is 45.1 Å². The van der Waals surface area contributed by atoms with Crippen molar-refractivity contribution in [1.29, 1.82) is 0 Å². The fraction of sp³-hybridized carbons (Fsp3) is 0.765. The summed E-state index contributed by atoms with van der Waals surface area (Å²) in [7, 11) is 0. The van der Waals surface area contributed by atoms with Crippen LogP contribution in [0, 0.1) is 12.8 Å². The highest BCUT2D eigenvalue weighted by molar-refractivity contribution is 5.83. The van der Waals surface area contributed by atoms with Gasteiger partial charge in [-0.05, 0) is 19.8 Å². The molecule has 0 radical (unpaired) electrons. The van der Waals surface area contributed by atoms with E-state index in [1.165, 1.54) is 0 Å². The first kappa shape index (κ1) is 18.8. The van der Waals surface area contributed by atoms with Gasteiger partial charge in [-0.1, -0.05) is 0 Å². The van der Waals surface area contributed by atoms with E-state index in [1.54, 1.807) is 0 Å². The van der Waals surface area contributed by atoms with Crippen LogP contribution < -0.4 is 5.32 Å². The monoisotopic (exact) mass is 364 g/mol. The molecule has 2 saturated heterocycles. The predicted molar refractivity (Wildman–Crippen MR) is 94.1 cm³/mol. The van der Waals surface area contributed by atoms with Gasteiger partial charge in [0, 0.05) is 39.1 Å². The van der Waals surface area contributed by atoms with Crippen LogP contribution in [0.15, 0.2) is 0 Å². The number of hydrogen-bond donors (Lipinski definition) is 2. The second kappa shape index (κ2) is 9.09. The average molecular weight is 364 g/mol. The van der Waals surface area contributed by atoms with E-state index in [1.807, 2.05) is 11.8 Å². The highest BCUT2D eigenvalue weighted by Crippen LogP contribution is 2.18. The van der Waals surface area contributed by atoms with Crippen LogP contribution >= 0.6 is 0 Å². The van der Waals surface area contributed by atoms with Crippen LogP contribution in [0.1, 0.15) is 30.9 Å². The van der Waals surface area contributed by atoms with Crippen molar-refractivity contribution < 1.29 is 14.3 Å². The molecule has 144 valence electrons. The number of nitrogens with zero attached hydrogens (tertiary/aromatic N) is 4. The maximum atomic E-state index is 12.4. The largest absolute Gasteiger partial charge is 0.379 e. The van der Waals surface area contributed by atoms with Gasteiger partial charge < -0.3 is 15.0 Å². The number of aromatic amines is 1. The minimum atomic E-state index is -0.156. The van der Waals surface area contributed by atoms with Crippen molar-refractivity contribution in [2.75, 3.05) is 45.9 Å². The summed E-state index contributed by atoms with van der Waals surface area (Å²) in [6.45, 7) is 7.80. The average Bonchev–Trinajstić information content (AvgIpc) is 3.07. The van der Waals surface area contributed by atoms with E-state index in [-0.39, 0.29) is 17.7 Å². The molecule has 26 heavy (non-hydrogen) atoms. The minimum absolute atomic E-state index is 0.0295.